The van der Waals surface area contributed by atoms with Crippen molar-refractivity contribution < 1.29 is 18.8 Å². The van der Waals surface area contributed by atoms with E-state index in [1.54, 1.807) is 21.8 Å². The maximum absolute atomic E-state index is 14.3. The summed E-state index contributed by atoms with van der Waals surface area (Å²) in [5.74, 6) is 0.147. The number of hydroxylamine groups is 1. The first-order valence-electron chi connectivity index (χ1n) is 11.2. The molecule has 0 spiro atoms. The largest absolute Gasteiger partial charge is 0.471 e. The molecule has 0 aliphatic carbocycles. The lowest BCUT2D eigenvalue weighted by Gasteiger charge is -2.38. The van der Waals surface area contributed by atoms with Crippen LogP contribution < -0.4 is 15.1 Å². The topological polar surface area (TPSA) is 97.1 Å². The number of ether oxygens (including phenoxy) is 1. The molecule has 6 rings (SSSR count). The molecule has 3 aliphatic rings. The van der Waals surface area contributed by atoms with Crippen LogP contribution in [0.4, 0.5) is 10.2 Å². The fraction of sp³-hybridized carbons (Fsp3) is 0.455. The number of amides is 1. The number of likely N-dealkylation sites (N-methyl/N-ethyl adjacent to an activating group) is 1. The van der Waals surface area contributed by atoms with Crippen LogP contribution in [0.2, 0.25) is 0 Å². The summed E-state index contributed by atoms with van der Waals surface area (Å²) in [6, 6.07) is 2.63. The number of rotatable bonds is 1. The zero-order valence-corrected chi connectivity index (χ0v) is 18.1. The number of hydrogen-bond acceptors (Lipinski definition) is 8. The smallest absolute Gasteiger partial charge is 0.257 e. The van der Waals surface area contributed by atoms with Gasteiger partial charge >= 0.3 is 0 Å². The molecule has 33 heavy (non-hydrogen) atoms. The van der Waals surface area contributed by atoms with Gasteiger partial charge in [0.1, 0.15) is 17.5 Å². The Kier molecular flexibility index (Phi) is 4.88. The molecule has 172 valence electrons. The Balaban J connectivity index is 1.51. The quantitative estimate of drug-likeness (QED) is 0.595. The maximum Gasteiger partial charge on any atom is 0.257 e. The van der Waals surface area contributed by atoms with Gasteiger partial charge in [0.25, 0.3) is 5.91 Å². The molecule has 0 radical (unpaired) electrons. The second-order valence-electron chi connectivity index (χ2n) is 8.54. The van der Waals surface area contributed by atoms with Crippen molar-refractivity contribution >= 4 is 17.4 Å². The van der Waals surface area contributed by atoms with E-state index < -0.39 is 5.82 Å². The van der Waals surface area contributed by atoms with Crippen LogP contribution in [0, 0.1) is 5.82 Å². The van der Waals surface area contributed by atoms with E-state index in [1.165, 1.54) is 12.3 Å². The first kappa shape index (κ1) is 20.3. The van der Waals surface area contributed by atoms with Crippen LogP contribution in [-0.2, 0) is 4.84 Å². The average Bonchev–Trinajstić information content (AvgIpc) is 3.47. The molecule has 1 N–H and O–H groups in total. The number of nitrogens with one attached hydrogen (secondary N) is 1. The standard InChI is InChI=1S/C22H24FN7O3/c1-2-28-6-3-16-18(12-28)33-22-14(9-13(23)10-24-22)17-5-8-32-30(17)19-4-7-29-20(27-19)15(11-25-29)21(31)26-16/h4,7,9-11,16-18H,2-3,5-6,8,12H2,1H3,(H,26,31). The molecule has 2 fully saturated rings. The van der Waals surface area contributed by atoms with Crippen molar-refractivity contribution in [2.45, 2.75) is 38.0 Å². The van der Waals surface area contributed by atoms with E-state index in [0.717, 1.165) is 25.7 Å². The van der Waals surface area contributed by atoms with Gasteiger partial charge < -0.3 is 10.1 Å². The van der Waals surface area contributed by atoms with Gasteiger partial charge in [-0.15, -0.1) is 0 Å². The minimum absolute atomic E-state index is 0.241. The highest BCUT2D eigenvalue weighted by Gasteiger charge is 2.37. The Morgan fingerprint density at radius 1 is 1.30 bits per heavy atom. The summed E-state index contributed by atoms with van der Waals surface area (Å²) in [5, 5.41) is 9.04. The molecule has 3 aliphatic heterocycles. The molecule has 10 nitrogen and oxygen atoms in total. The highest BCUT2D eigenvalue weighted by molar-refractivity contribution is 6.00. The summed E-state index contributed by atoms with van der Waals surface area (Å²) < 4.78 is 22.3. The number of hydrogen-bond donors (Lipinski definition) is 1. The Morgan fingerprint density at radius 2 is 2.21 bits per heavy atom. The zero-order chi connectivity index (χ0) is 22.5. The number of fused-ring (bicyclic) bond motifs is 6. The number of piperidine rings is 1. The molecule has 11 heteroatoms. The molecule has 0 aromatic carbocycles. The normalized spacial score (nSPS) is 25.3. The Labute approximate surface area is 189 Å². The third-order valence-electron chi connectivity index (χ3n) is 6.60. The van der Waals surface area contributed by atoms with Crippen LogP contribution in [0.25, 0.3) is 5.65 Å². The molecule has 3 aromatic rings. The maximum atomic E-state index is 14.3. The van der Waals surface area contributed by atoms with Crippen molar-refractivity contribution in [3.8, 4) is 5.88 Å². The summed E-state index contributed by atoms with van der Waals surface area (Å²) in [5.41, 5.74) is 1.41. The van der Waals surface area contributed by atoms with Crippen LogP contribution in [0.3, 0.4) is 0 Å². The Hall–Kier alpha value is -3.31. The fourth-order valence-corrected chi connectivity index (χ4v) is 4.84. The predicted octanol–water partition coefficient (Wildman–Crippen LogP) is 1.73. The van der Waals surface area contributed by atoms with Crippen molar-refractivity contribution in [1.29, 1.82) is 0 Å². The van der Waals surface area contributed by atoms with Crippen molar-refractivity contribution in [3.63, 3.8) is 0 Å². The van der Waals surface area contributed by atoms with E-state index in [-0.39, 0.29) is 24.1 Å². The molecule has 3 aromatic heterocycles. The number of nitrogens with zero attached hydrogens (tertiary/aromatic N) is 6. The van der Waals surface area contributed by atoms with Crippen LogP contribution in [-0.4, -0.2) is 68.8 Å². The number of pyridine rings is 1. The molecule has 3 unspecified atom stereocenters. The monoisotopic (exact) mass is 453 g/mol. The fourth-order valence-electron chi connectivity index (χ4n) is 4.84. The Morgan fingerprint density at radius 3 is 3.09 bits per heavy atom. The first-order chi connectivity index (χ1) is 16.1. The van der Waals surface area contributed by atoms with Gasteiger partial charge in [0.2, 0.25) is 5.88 Å². The molecule has 6 heterocycles. The minimum atomic E-state index is -0.446. The van der Waals surface area contributed by atoms with Gasteiger partial charge in [-0.25, -0.2) is 23.9 Å². The number of likely N-dealkylation sites (tertiary alicyclic amines) is 1. The van der Waals surface area contributed by atoms with Gasteiger partial charge in [-0.3, -0.25) is 14.5 Å². The van der Waals surface area contributed by atoms with Crippen molar-refractivity contribution in [2.75, 3.05) is 31.3 Å². The SMILES string of the molecule is CCN1CCC2NC(=O)c3cnn4ccc(nc34)N3OCCC3c3cc(F)cnc3OC2C1. The van der Waals surface area contributed by atoms with E-state index in [9.17, 15) is 9.18 Å². The first-order valence-corrected chi connectivity index (χ1v) is 11.2. The molecule has 2 saturated heterocycles. The van der Waals surface area contributed by atoms with E-state index >= 15 is 0 Å². The molecule has 3 atom stereocenters. The van der Waals surface area contributed by atoms with Gasteiger partial charge in [0.05, 0.1) is 31.1 Å². The zero-order valence-electron chi connectivity index (χ0n) is 18.1. The second-order valence-corrected chi connectivity index (χ2v) is 8.54. The summed E-state index contributed by atoms with van der Waals surface area (Å²) >= 11 is 0. The summed E-state index contributed by atoms with van der Waals surface area (Å²) in [6.07, 6.45) is 5.40. The van der Waals surface area contributed by atoms with Gasteiger partial charge in [0.15, 0.2) is 11.5 Å². The van der Waals surface area contributed by atoms with Crippen molar-refractivity contribution in [3.05, 3.63) is 47.7 Å². The number of carbonyl (C=O) groups excluding carboxylic acids is 1. The van der Waals surface area contributed by atoms with E-state index in [1.807, 2.05) is 0 Å². The van der Waals surface area contributed by atoms with E-state index in [0.29, 0.717) is 48.0 Å². The highest BCUT2D eigenvalue weighted by atomic mass is 19.1. The minimum Gasteiger partial charge on any atom is -0.471 e. The van der Waals surface area contributed by atoms with Crippen LogP contribution in [0.5, 0.6) is 5.88 Å². The molecular formula is C22H24FN7O3. The molecule has 0 saturated carbocycles. The molecular weight excluding hydrogens is 429 g/mol. The van der Waals surface area contributed by atoms with Crippen molar-refractivity contribution in [1.82, 2.24) is 29.8 Å². The summed E-state index contributed by atoms with van der Waals surface area (Å²) in [4.78, 5) is 30.4. The average molecular weight is 453 g/mol. The summed E-state index contributed by atoms with van der Waals surface area (Å²) in [7, 11) is 0. The second kappa shape index (κ2) is 7.92. The van der Waals surface area contributed by atoms with E-state index in [4.69, 9.17) is 9.57 Å². The Bertz CT molecular complexity index is 1220. The van der Waals surface area contributed by atoms with Gasteiger partial charge in [-0.1, -0.05) is 6.92 Å². The number of anilines is 1. The number of halogens is 1. The van der Waals surface area contributed by atoms with Crippen LogP contribution >= 0.6 is 0 Å². The van der Waals surface area contributed by atoms with E-state index in [2.05, 4.69) is 32.2 Å². The number of aromatic nitrogens is 4. The van der Waals surface area contributed by atoms with Gasteiger partial charge in [-0.05, 0) is 19.0 Å². The third kappa shape index (κ3) is 3.47. The lowest BCUT2D eigenvalue weighted by atomic mass is 10.0. The predicted molar refractivity (Wildman–Crippen MR) is 115 cm³/mol. The molecule has 1 amide bonds. The van der Waals surface area contributed by atoms with Gasteiger partial charge in [-0.2, -0.15) is 5.10 Å². The van der Waals surface area contributed by atoms with Crippen molar-refractivity contribution in [2.24, 2.45) is 0 Å². The molecule has 2 bridgehead atoms. The highest BCUT2D eigenvalue weighted by Crippen LogP contribution is 2.38. The van der Waals surface area contributed by atoms with Crippen LogP contribution in [0.15, 0.2) is 30.7 Å². The summed E-state index contributed by atoms with van der Waals surface area (Å²) in [6.45, 7) is 4.87. The lowest BCUT2D eigenvalue weighted by molar-refractivity contribution is 0.0508. The van der Waals surface area contributed by atoms with Crippen LogP contribution in [0.1, 0.15) is 41.7 Å². The number of carbonyl (C=O) groups is 1. The lowest BCUT2D eigenvalue weighted by Crippen LogP contribution is -2.56. The van der Waals surface area contributed by atoms with Gasteiger partial charge in [0, 0.05) is 37.3 Å². The third-order valence-corrected chi connectivity index (χ3v) is 6.60.